The highest BCUT2D eigenvalue weighted by molar-refractivity contribution is 6.11. The van der Waals surface area contributed by atoms with Crippen LogP contribution in [0.5, 0.6) is 0 Å². The van der Waals surface area contributed by atoms with E-state index in [9.17, 15) is 18.0 Å². The molecule has 1 amide bonds. The Bertz CT molecular complexity index is 673. The minimum Gasteiger partial charge on any atom is -0.492 e. The molecule has 1 aromatic rings. The van der Waals surface area contributed by atoms with E-state index >= 15 is 0 Å². The summed E-state index contributed by atoms with van der Waals surface area (Å²) in [6.45, 7) is 2.64. The molecule has 4 nitrogen and oxygen atoms in total. The number of piperidine rings is 1. The smallest absolute Gasteiger partial charge is 0.449 e. The van der Waals surface area contributed by atoms with E-state index in [1.165, 1.54) is 19.1 Å². The average molecular weight is 354 g/mol. The summed E-state index contributed by atoms with van der Waals surface area (Å²) in [4.78, 5) is 14.2. The molecule has 136 valence electrons. The summed E-state index contributed by atoms with van der Waals surface area (Å²) in [5, 5.41) is 7.99. The Hall–Kier alpha value is -2.31. The topological polar surface area (TPSA) is 53.4 Å². The molecule has 1 aliphatic heterocycles. The van der Waals surface area contributed by atoms with Crippen molar-refractivity contribution < 1.29 is 22.7 Å². The molecule has 0 saturated carbocycles. The molecule has 0 aliphatic carbocycles. The molecule has 2 rings (SSSR count). The lowest BCUT2D eigenvalue weighted by atomic mass is 10.0. The second-order valence-electron chi connectivity index (χ2n) is 5.96. The van der Waals surface area contributed by atoms with Crippen molar-refractivity contribution in [3.05, 3.63) is 46.7 Å². The SMILES string of the molecule is CO/C(=C(/C)C(=N)c1ccc(C(=O)N2CCCCC2)cc1)C(F)(F)F. The highest BCUT2D eigenvalue weighted by Gasteiger charge is 2.38. The van der Waals surface area contributed by atoms with Gasteiger partial charge >= 0.3 is 6.18 Å². The van der Waals surface area contributed by atoms with Crippen molar-refractivity contribution in [1.82, 2.24) is 4.90 Å². The molecule has 0 unspecified atom stereocenters. The second-order valence-corrected chi connectivity index (χ2v) is 5.96. The number of carbonyl (C=O) groups is 1. The maximum Gasteiger partial charge on any atom is 0.449 e. The predicted octanol–water partition coefficient (Wildman–Crippen LogP) is 4.16. The number of nitrogens with one attached hydrogen (secondary N) is 1. The van der Waals surface area contributed by atoms with Gasteiger partial charge in [-0.15, -0.1) is 0 Å². The van der Waals surface area contributed by atoms with Crippen molar-refractivity contribution in [1.29, 1.82) is 5.41 Å². The largest absolute Gasteiger partial charge is 0.492 e. The van der Waals surface area contributed by atoms with E-state index in [1.807, 2.05) is 0 Å². The Labute approximate surface area is 144 Å². The van der Waals surface area contributed by atoms with Crippen molar-refractivity contribution in [3.8, 4) is 0 Å². The molecule has 0 radical (unpaired) electrons. The van der Waals surface area contributed by atoms with Gasteiger partial charge in [0.1, 0.15) is 0 Å². The molecule has 1 aliphatic rings. The van der Waals surface area contributed by atoms with Crippen LogP contribution >= 0.6 is 0 Å². The van der Waals surface area contributed by atoms with Crippen LogP contribution in [0.4, 0.5) is 13.2 Å². The Balaban J connectivity index is 2.20. The van der Waals surface area contributed by atoms with Crippen LogP contribution in [0.3, 0.4) is 0 Å². The summed E-state index contributed by atoms with van der Waals surface area (Å²) >= 11 is 0. The van der Waals surface area contributed by atoms with Crippen LogP contribution in [0.2, 0.25) is 0 Å². The molecule has 1 fully saturated rings. The quantitative estimate of drug-likeness (QED) is 0.652. The number of rotatable bonds is 4. The van der Waals surface area contributed by atoms with Gasteiger partial charge in [0.05, 0.1) is 12.8 Å². The minimum atomic E-state index is -4.66. The number of benzene rings is 1. The first-order valence-electron chi connectivity index (χ1n) is 8.06. The van der Waals surface area contributed by atoms with Gasteiger partial charge in [0.2, 0.25) is 5.76 Å². The number of halogens is 3. The Morgan fingerprint density at radius 1 is 1.08 bits per heavy atom. The maximum absolute atomic E-state index is 12.9. The molecule has 7 heteroatoms. The van der Waals surface area contributed by atoms with Gasteiger partial charge in [0, 0.05) is 24.2 Å². The van der Waals surface area contributed by atoms with Crippen molar-refractivity contribution >= 4 is 11.6 Å². The molecule has 1 saturated heterocycles. The number of hydrogen-bond donors (Lipinski definition) is 1. The fraction of sp³-hybridized carbons (Fsp3) is 0.444. The Morgan fingerprint density at radius 3 is 2.08 bits per heavy atom. The molecular weight excluding hydrogens is 333 g/mol. The zero-order valence-corrected chi connectivity index (χ0v) is 14.2. The average Bonchev–Trinajstić information content (AvgIpc) is 2.60. The lowest BCUT2D eigenvalue weighted by Gasteiger charge is -2.26. The van der Waals surface area contributed by atoms with Crippen molar-refractivity contribution in [2.24, 2.45) is 0 Å². The van der Waals surface area contributed by atoms with Gasteiger partial charge in [0.25, 0.3) is 5.91 Å². The Morgan fingerprint density at radius 2 is 1.60 bits per heavy atom. The van der Waals surface area contributed by atoms with E-state index in [1.54, 1.807) is 17.0 Å². The molecule has 25 heavy (non-hydrogen) atoms. The van der Waals surface area contributed by atoms with Crippen LogP contribution in [0.15, 0.2) is 35.6 Å². The molecule has 0 atom stereocenters. The highest BCUT2D eigenvalue weighted by Crippen LogP contribution is 2.30. The van der Waals surface area contributed by atoms with Crippen LogP contribution in [-0.4, -0.2) is 42.9 Å². The van der Waals surface area contributed by atoms with E-state index in [-0.39, 0.29) is 17.2 Å². The molecule has 0 spiro atoms. The van der Waals surface area contributed by atoms with E-state index in [0.717, 1.165) is 39.5 Å². The first-order valence-corrected chi connectivity index (χ1v) is 8.06. The standard InChI is InChI=1S/C18H21F3N2O2/c1-12(16(25-2)18(19,20)21)15(22)13-6-8-14(9-7-13)17(24)23-10-4-3-5-11-23/h6-9,22H,3-5,10-11H2,1-2H3/b16-12-,22-15?. The van der Waals surface area contributed by atoms with Crippen LogP contribution in [0.1, 0.15) is 42.1 Å². The van der Waals surface area contributed by atoms with Gasteiger partial charge in [-0.2, -0.15) is 13.2 Å². The molecule has 0 aromatic heterocycles. The molecule has 0 bridgehead atoms. The van der Waals surface area contributed by atoms with Gasteiger partial charge in [-0.3, -0.25) is 10.2 Å². The van der Waals surface area contributed by atoms with E-state index in [0.29, 0.717) is 11.1 Å². The summed E-state index contributed by atoms with van der Waals surface area (Å²) < 4.78 is 43.1. The van der Waals surface area contributed by atoms with Crippen molar-refractivity contribution in [2.75, 3.05) is 20.2 Å². The van der Waals surface area contributed by atoms with Gasteiger partial charge in [0.15, 0.2) is 0 Å². The van der Waals surface area contributed by atoms with Crippen LogP contribution in [0.25, 0.3) is 0 Å². The lowest BCUT2D eigenvalue weighted by Crippen LogP contribution is -2.35. The van der Waals surface area contributed by atoms with Crippen LogP contribution in [-0.2, 0) is 4.74 Å². The molecular formula is C18H21F3N2O2. The summed E-state index contributed by atoms with van der Waals surface area (Å²) in [6.07, 6.45) is -1.58. The number of carbonyl (C=O) groups excluding carboxylic acids is 1. The first kappa shape index (κ1) is 19.0. The predicted molar refractivity (Wildman–Crippen MR) is 88.8 cm³/mol. The fourth-order valence-corrected chi connectivity index (χ4v) is 2.87. The van der Waals surface area contributed by atoms with E-state index in [4.69, 9.17) is 5.41 Å². The first-order chi connectivity index (χ1) is 11.8. The van der Waals surface area contributed by atoms with E-state index < -0.39 is 11.9 Å². The highest BCUT2D eigenvalue weighted by atomic mass is 19.4. The number of likely N-dealkylation sites (tertiary alicyclic amines) is 1. The maximum atomic E-state index is 12.9. The number of allylic oxidation sites excluding steroid dienone is 2. The number of amides is 1. The summed E-state index contributed by atoms with van der Waals surface area (Å²) in [5.41, 5.74) is 0.186. The van der Waals surface area contributed by atoms with Gasteiger partial charge in [-0.05, 0) is 43.9 Å². The third kappa shape index (κ3) is 4.41. The summed E-state index contributed by atoms with van der Waals surface area (Å²) in [6, 6.07) is 6.08. The summed E-state index contributed by atoms with van der Waals surface area (Å²) in [7, 11) is 0.931. The van der Waals surface area contributed by atoms with E-state index in [2.05, 4.69) is 4.74 Å². The number of ether oxygens (including phenoxy) is 1. The fourth-order valence-electron chi connectivity index (χ4n) is 2.87. The number of alkyl halides is 3. The monoisotopic (exact) mass is 354 g/mol. The van der Waals surface area contributed by atoms with Gasteiger partial charge in [-0.25, -0.2) is 0 Å². The van der Waals surface area contributed by atoms with Crippen molar-refractivity contribution in [2.45, 2.75) is 32.4 Å². The second kappa shape index (κ2) is 7.72. The third-order valence-corrected chi connectivity index (χ3v) is 4.24. The van der Waals surface area contributed by atoms with Crippen LogP contribution in [0, 0.1) is 5.41 Å². The summed E-state index contributed by atoms with van der Waals surface area (Å²) in [5.74, 6) is -1.27. The third-order valence-electron chi connectivity index (χ3n) is 4.24. The zero-order valence-electron chi connectivity index (χ0n) is 14.2. The normalized spacial score (nSPS) is 16.3. The van der Waals surface area contributed by atoms with Crippen molar-refractivity contribution in [3.63, 3.8) is 0 Å². The molecule has 1 aromatic carbocycles. The molecule has 1 heterocycles. The lowest BCUT2D eigenvalue weighted by molar-refractivity contribution is -0.126. The molecule has 1 N–H and O–H groups in total. The van der Waals surface area contributed by atoms with Crippen LogP contribution < -0.4 is 0 Å². The van der Waals surface area contributed by atoms with Gasteiger partial charge in [-0.1, -0.05) is 12.1 Å². The minimum absolute atomic E-state index is 0.0853. The number of hydrogen-bond acceptors (Lipinski definition) is 3. The van der Waals surface area contributed by atoms with Gasteiger partial charge < -0.3 is 9.64 Å². The Kier molecular flexibility index (Phi) is 5.87. The number of nitrogens with zero attached hydrogens (tertiary/aromatic N) is 1. The number of methoxy groups -OCH3 is 1. The zero-order chi connectivity index (χ0) is 18.6.